The zero-order chi connectivity index (χ0) is 37.5. The van der Waals surface area contributed by atoms with Gasteiger partial charge in [-0.05, 0) is 62.6 Å². The number of ether oxygens (including phenoxy) is 4. The Bertz CT molecular complexity index is 1630. The molecular weight excluding hydrogens is 687 g/mol. The quantitative estimate of drug-likeness (QED) is 0.158. The van der Waals surface area contributed by atoms with E-state index in [4.69, 9.17) is 33.7 Å². The van der Waals surface area contributed by atoms with Crippen LogP contribution in [0.2, 0.25) is 0 Å². The Labute approximate surface area is 307 Å². The van der Waals surface area contributed by atoms with Crippen molar-refractivity contribution < 1.29 is 37.4 Å². The molecule has 0 amide bonds. The average molecular weight is 743 g/mol. The van der Waals surface area contributed by atoms with Crippen molar-refractivity contribution in [3.63, 3.8) is 0 Å². The highest BCUT2D eigenvalue weighted by atomic mass is 31.2. The van der Waals surface area contributed by atoms with E-state index >= 15 is 0 Å². The summed E-state index contributed by atoms with van der Waals surface area (Å²) in [5, 5.41) is 9.19. The lowest BCUT2D eigenvalue weighted by molar-refractivity contribution is -0.207. The fourth-order valence-electron chi connectivity index (χ4n) is 7.88. The molecule has 4 heterocycles. The van der Waals surface area contributed by atoms with Crippen LogP contribution < -0.4 is 15.3 Å². The fourth-order valence-corrected chi connectivity index (χ4v) is 9.38. The molecule has 14 nitrogen and oxygen atoms in total. The smallest absolute Gasteiger partial charge is 0.459 e. The first-order chi connectivity index (χ1) is 24.5. The van der Waals surface area contributed by atoms with E-state index in [1.807, 2.05) is 39.0 Å². The highest BCUT2D eigenvalue weighted by Crippen LogP contribution is 2.52. The first-order valence-corrected chi connectivity index (χ1v) is 19.9. The second-order valence-electron chi connectivity index (χ2n) is 16.0. The lowest BCUT2D eigenvalue weighted by Gasteiger charge is -2.42. The Morgan fingerprint density at radius 1 is 1.15 bits per heavy atom. The molecule has 5 aliphatic rings. The normalized spacial score (nSPS) is 31.8. The van der Waals surface area contributed by atoms with Crippen molar-refractivity contribution in [3.05, 3.63) is 41.6 Å². The van der Waals surface area contributed by atoms with Crippen molar-refractivity contribution in [2.24, 2.45) is 32.7 Å². The predicted molar refractivity (Wildman–Crippen MR) is 198 cm³/mol. The van der Waals surface area contributed by atoms with E-state index in [1.54, 1.807) is 37.3 Å². The minimum atomic E-state index is -4.25. The summed E-state index contributed by atoms with van der Waals surface area (Å²) in [5.74, 6) is -0.635. The summed E-state index contributed by atoms with van der Waals surface area (Å²) in [7, 11) is -2.58. The first-order valence-electron chi connectivity index (χ1n) is 18.4. The Morgan fingerprint density at radius 2 is 1.87 bits per heavy atom. The summed E-state index contributed by atoms with van der Waals surface area (Å²) in [6.45, 7) is 13.7. The van der Waals surface area contributed by atoms with Gasteiger partial charge in [0.15, 0.2) is 17.2 Å². The van der Waals surface area contributed by atoms with E-state index in [0.717, 1.165) is 31.2 Å². The Hall–Kier alpha value is -3.13. The summed E-state index contributed by atoms with van der Waals surface area (Å²) in [4.78, 5) is 21.8. The van der Waals surface area contributed by atoms with E-state index in [1.165, 1.54) is 12.8 Å². The molecule has 0 aromatic heterocycles. The van der Waals surface area contributed by atoms with Gasteiger partial charge in [-0.25, -0.2) is 9.56 Å². The molecule has 3 unspecified atom stereocenters. The molecule has 8 atom stereocenters. The molecule has 0 spiro atoms. The predicted octanol–water partition coefficient (Wildman–Crippen LogP) is 5.47. The van der Waals surface area contributed by atoms with Crippen molar-refractivity contribution in [1.29, 1.82) is 0 Å². The van der Waals surface area contributed by atoms with Crippen LogP contribution in [-0.2, 0) is 38.2 Å². The lowest BCUT2D eigenvalue weighted by atomic mass is 9.82. The van der Waals surface area contributed by atoms with E-state index in [9.17, 15) is 9.36 Å². The number of aliphatic imine (C=N–C) groups is 2. The van der Waals surface area contributed by atoms with Crippen molar-refractivity contribution in [3.8, 4) is 5.75 Å². The van der Waals surface area contributed by atoms with Crippen molar-refractivity contribution in [1.82, 2.24) is 10.1 Å². The van der Waals surface area contributed by atoms with Gasteiger partial charge >= 0.3 is 13.7 Å². The fraction of sp³-hybridized carbons (Fsp3) is 0.676. The van der Waals surface area contributed by atoms with Crippen LogP contribution in [0.3, 0.4) is 0 Å². The van der Waals surface area contributed by atoms with Crippen molar-refractivity contribution >= 4 is 32.1 Å². The molecule has 0 radical (unpaired) electrons. The minimum Gasteiger partial charge on any atom is -0.464 e. The molecular formula is C37H55N6O8P. The van der Waals surface area contributed by atoms with Gasteiger partial charge in [0.25, 0.3) is 0 Å². The second-order valence-corrected chi connectivity index (χ2v) is 17.7. The number of hydrogen-bond donors (Lipinski definition) is 2. The summed E-state index contributed by atoms with van der Waals surface area (Å²) >= 11 is 0. The molecule has 0 bridgehead atoms. The van der Waals surface area contributed by atoms with E-state index in [-0.39, 0.29) is 17.9 Å². The number of nitrogens with zero attached hydrogens (tertiary/aromatic N) is 4. The Morgan fingerprint density at radius 3 is 2.54 bits per heavy atom. The number of carbonyl (C=O) groups is 1. The molecule has 286 valence electrons. The van der Waals surface area contributed by atoms with Crippen LogP contribution in [0.1, 0.15) is 86.1 Å². The van der Waals surface area contributed by atoms with Gasteiger partial charge in [0.2, 0.25) is 0 Å². The van der Waals surface area contributed by atoms with Crippen molar-refractivity contribution in [2.45, 2.75) is 128 Å². The number of benzene rings is 1. The summed E-state index contributed by atoms with van der Waals surface area (Å²) in [5.41, 5.74) is 6.72. The third kappa shape index (κ3) is 8.02. The molecule has 1 aromatic rings. The van der Waals surface area contributed by atoms with Gasteiger partial charge in [0, 0.05) is 19.2 Å². The monoisotopic (exact) mass is 742 g/mol. The van der Waals surface area contributed by atoms with Crippen LogP contribution in [0, 0.1) is 11.8 Å². The largest absolute Gasteiger partial charge is 0.464 e. The van der Waals surface area contributed by atoms with Gasteiger partial charge in [0.05, 0.1) is 25.0 Å². The van der Waals surface area contributed by atoms with Gasteiger partial charge in [-0.1, -0.05) is 65.2 Å². The second kappa shape index (κ2) is 14.9. The van der Waals surface area contributed by atoms with Crippen molar-refractivity contribution in [2.75, 3.05) is 20.3 Å². The SMILES string of the molecule is C/N=C\[C@@]1(C2C(C)C=C3C(N)=NC=NN32)O[C@H](COP(=O)(N[C@@H](C)C(=O)OCC2CCCCC2)Oc2ccc(C(C)(C)C)cc2)[C@H]2OC(C)(C)O[C@H]21. The Kier molecular flexibility index (Phi) is 11.1. The topological polar surface area (TPSA) is 168 Å². The van der Waals surface area contributed by atoms with Gasteiger partial charge in [0.1, 0.15) is 36.4 Å². The van der Waals surface area contributed by atoms with E-state index in [0.29, 0.717) is 29.8 Å². The third-order valence-electron chi connectivity index (χ3n) is 10.4. The zero-order valence-electron chi connectivity index (χ0n) is 31.6. The van der Waals surface area contributed by atoms with Gasteiger partial charge in [-0.3, -0.25) is 19.3 Å². The molecule has 52 heavy (non-hydrogen) atoms. The molecule has 4 aliphatic heterocycles. The standard InChI is InChI=1S/C37H55N6O8P/c1-23-18-28-33(38)40-22-41-43(28)31(23)37(21-39-8)32-30(49-36(6,7)50-32)29(48-37)20-47-52(45,51-27-16-14-26(15-17-27)35(3,4)5)42-24(2)34(44)46-19-25-12-10-9-11-13-25/h14-18,21-25,29-32H,9-13,19-20H2,1-8H3,(H,42,45)(H2,38,40,41)/b39-21-/t23?,24-,29+,30+,31?,32+,37-,52?/m0/s1. The number of fused-ring (bicyclic) bond motifs is 2. The molecule has 1 saturated carbocycles. The van der Waals surface area contributed by atoms with Crippen LogP contribution in [0.4, 0.5) is 0 Å². The van der Waals surface area contributed by atoms with E-state index < -0.39 is 55.5 Å². The summed E-state index contributed by atoms with van der Waals surface area (Å²) < 4.78 is 52.6. The zero-order valence-corrected chi connectivity index (χ0v) is 32.5. The van der Waals surface area contributed by atoms with Crippen LogP contribution >= 0.6 is 7.75 Å². The maximum atomic E-state index is 14.7. The maximum absolute atomic E-state index is 14.7. The molecule has 15 heteroatoms. The molecule has 6 rings (SSSR count). The number of carbonyl (C=O) groups excluding carboxylic acids is 1. The van der Waals surface area contributed by atoms with Crippen LogP contribution in [0.5, 0.6) is 5.75 Å². The number of nitrogens with two attached hydrogens (primary N) is 1. The minimum absolute atomic E-state index is 0.0967. The molecule has 3 fully saturated rings. The highest BCUT2D eigenvalue weighted by molar-refractivity contribution is 7.52. The van der Waals surface area contributed by atoms with Gasteiger partial charge < -0.3 is 29.2 Å². The maximum Gasteiger partial charge on any atom is 0.459 e. The van der Waals surface area contributed by atoms with Gasteiger partial charge in [-0.2, -0.15) is 10.2 Å². The van der Waals surface area contributed by atoms with Crippen LogP contribution in [0.15, 0.2) is 51.1 Å². The number of esters is 1. The molecule has 1 aliphatic carbocycles. The number of hydrogen-bond acceptors (Lipinski definition) is 13. The summed E-state index contributed by atoms with van der Waals surface area (Å²) in [6.07, 6.45) is 8.57. The van der Waals surface area contributed by atoms with Crippen LogP contribution in [-0.4, -0.2) is 91.4 Å². The van der Waals surface area contributed by atoms with E-state index in [2.05, 4.69) is 40.9 Å². The number of rotatable bonds is 12. The van der Waals surface area contributed by atoms with Crippen LogP contribution in [0.25, 0.3) is 0 Å². The average Bonchev–Trinajstić information content (AvgIpc) is 3.70. The van der Waals surface area contributed by atoms with Gasteiger partial charge in [-0.15, -0.1) is 0 Å². The third-order valence-corrected chi connectivity index (χ3v) is 12.0. The molecule has 3 N–H and O–H groups in total. The Balaban J connectivity index is 1.25. The lowest BCUT2D eigenvalue weighted by Crippen LogP contribution is -2.60. The molecule has 1 aromatic carbocycles. The summed E-state index contributed by atoms with van der Waals surface area (Å²) in [6, 6.07) is 5.89. The number of nitrogens with one attached hydrogen (secondary N) is 1. The number of amidine groups is 1. The highest BCUT2D eigenvalue weighted by Gasteiger charge is 2.68. The number of hydrazone groups is 1. The first kappa shape index (κ1) is 38.6. The molecule has 2 saturated heterocycles.